The zero-order valence-corrected chi connectivity index (χ0v) is 18.3. The van der Waals surface area contributed by atoms with Crippen LogP contribution < -0.4 is 5.32 Å². The van der Waals surface area contributed by atoms with Crippen molar-refractivity contribution in [2.45, 2.75) is 58.9 Å². The summed E-state index contributed by atoms with van der Waals surface area (Å²) < 4.78 is 29.4. The molecule has 1 N–H and O–H groups in total. The van der Waals surface area contributed by atoms with Gasteiger partial charge in [-0.1, -0.05) is 57.0 Å². The maximum Gasteiger partial charge on any atom is 0.285 e. The maximum absolute atomic E-state index is 12.7. The van der Waals surface area contributed by atoms with Crippen LogP contribution in [0, 0.1) is 5.92 Å². The van der Waals surface area contributed by atoms with Crippen molar-refractivity contribution in [3.8, 4) is 0 Å². The van der Waals surface area contributed by atoms with Crippen LogP contribution in [0.4, 0.5) is 0 Å². The van der Waals surface area contributed by atoms with E-state index in [9.17, 15) is 13.2 Å². The third-order valence-corrected chi connectivity index (χ3v) is 7.23. The van der Waals surface area contributed by atoms with Crippen LogP contribution >= 0.6 is 0 Å². The Morgan fingerprint density at radius 2 is 1.90 bits per heavy atom. The van der Waals surface area contributed by atoms with E-state index in [1.54, 1.807) is 12.1 Å². The summed E-state index contributed by atoms with van der Waals surface area (Å²) in [5.41, 5.74) is 1.37. The number of nitrogens with one attached hydrogen (secondary N) is 1. The van der Waals surface area contributed by atoms with Gasteiger partial charge in [0.25, 0.3) is 10.0 Å². The van der Waals surface area contributed by atoms with Gasteiger partial charge in [-0.3, -0.25) is 4.79 Å². The summed E-state index contributed by atoms with van der Waals surface area (Å²) in [6.45, 7) is 7.31. The quantitative estimate of drug-likeness (QED) is 0.767. The first kappa shape index (κ1) is 21.6. The molecule has 29 heavy (non-hydrogen) atoms. The maximum atomic E-state index is 12.7. The molecule has 0 bridgehead atoms. The monoisotopic (exact) mass is 417 g/mol. The van der Waals surface area contributed by atoms with Gasteiger partial charge in [0, 0.05) is 30.6 Å². The number of likely N-dealkylation sites (tertiary alicyclic amines) is 1. The molecular weight excluding hydrogens is 386 g/mol. The second kappa shape index (κ2) is 9.11. The molecule has 0 unspecified atom stereocenters. The Hall–Kier alpha value is -2.15. The van der Waals surface area contributed by atoms with E-state index < -0.39 is 10.0 Å². The molecule has 0 aromatic heterocycles. The number of nitrogens with zero attached hydrogens (tertiary/aromatic N) is 2. The molecule has 2 aliphatic rings. The Morgan fingerprint density at radius 1 is 1.24 bits per heavy atom. The Balaban J connectivity index is 1.64. The van der Waals surface area contributed by atoms with E-state index in [1.807, 2.05) is 36.9 Å². The first-order valence-corrected chi connectivity index (χ1v) is 11.9. The van der Waals surface area contributed by atoms with Crippen LogP contribution in [0.15, 0.2) is 40.3 Å². The van der Waals surface area contributed by atoms with Crippen LogP contribution in [0.5, 0.6) is 0 Å². The minimum Gasteiger partial charge on any atom is -0.356 e. The zero-order valence-electron chi connectivity index (χ0n) is 17.5. The molecule has 0 aliphatic carbocycles. The second-order valence-electron chi connectivity index (χ2n) is 8.02. The molecule has 6 nitrogen and oxygen atoms in total. The molecule has 158 valence electrons. The van der Waals surface area contributed by atoms with Gasteiger partial charge in [0.05, 0.1) is 0 Å². The van der Waals surface area contributed by atoms with E-state index in [2.05, 4.69) is 16.6 Å². The van der Waals surface area contributed by atoms with Crippen molar-refractivity contribution in [3.63, 3.8) is 0 Å². The fourth-order valence-electron chi connectivity index (χ4n) is 3.99. The van der Waals surface area contributed by atoms with Gasteiger partial charge in [-0.25, -0.2) is 0 Å². The number of rotatable bonds is 6. The van der Waals surface area contributed by atoms with Crippen LogP contribution in [0.25, 0.3) is 4.91 Å². The first-order chi connectivity index (χ1) is 13.8. The number of amidine groups is 1. The Morgan fingerprint density at radius 3 is 2.52 bits per heavy atom. The smallest absolute Gasteiger partial charge is 0.285 e. The summed E-state index contributed by atoms with van der Waals surface area (Å²) >= 11 is 0. The lowest BCUT2D eigenvalue weighted by Crippen LogP contribution is -2.47. The van der Waals surface area contributed by atoms with E-state index >= 15 is 0 Å². The number of amides is 1. The van der Waals surface area contributed by atoms with E-state index in [0.717, 1.165) is 32.1 Å². The van der Waals surface area contributed by atoms with Gasteiger partial charge in [0.2, 0.25) is 5.91 Å². The van der Waals surface area contributed by atoms with Crippen molar-refractivity contribution >= 4 is 26.7 Å². The fourth-order valence-corrected chi connectivity index (χ4v) is 5.48. The van der Waals surface area contributed by atoms with Gasteiger partial charge in [0.15, 0.2) is 0 Å². The molecule has 7 heteroatoms. The van der Waals surface area contributed by atoms with Gasteiger partial charge >= 0.3 is 0 Å². The van der Waals surface area contributed by atoms with Crippen LogP contribution in [0.1, 0.15) is 58.4 Å². The van der Waals surface area contributed by atoms with Gasteiger partial charge in [-0.05, 0) is 31.7 Å². The van der Waals surface area contributed by atoms with E-state index in [-0.39, 0.29) is 17.9 Å². The third-order valence-electron chi connectivity index (χ3n) is 5.76. The standard InChI is InChI=1S/C22H31N3O3S/c1-4-5-9-16(2)22(26)23-19-12-14-25(15-13-19)21-17(3)20(29(27,28)24-21)18-10-7-6-8-11-18/h6-8,10-11,16,19H,4-5,9,12-15H2,1-3H3,(H,23,26)/t16-/m0/s1. The number of carbonyl (C=O) groups is 1. The molecule has 3 rings (SSSR count). The molecule has 1 fully saturated rings. The molecule has 1 atom stereocenters. The summed E-state index contributed by atoms with van der Waals surface area (Å²) in [6, 6.07) is 9.27. The van der Waals surface area contributed by atoms with E-state index in [1.165, 1.54) is 0 Å². The average Bonchev–Trinajstić information content (AvgIpc) is 2.96. The van der Waals surface area contributed by atoms with Gasteiger partial charge in [-0.15, -0.1) is 4.40 Å². The highest BCUT2D eigenvalue weighted by molar-refractivity contribution is 8.00. The normalized spacial score (nSPS) is 20.5. The molecule has 0 spiro atoms. The molecule has 0 saturated carbocycles. The van der Waals surface area contributed by atoms with Crippen molar-refractivity contribution in [1.29, 1.82) is 0 Å². The second-order valence-corrected chi connectivity index (χ2v) is 9.56. The molecule has 2 heterocycles. The number of sulfonamides is 1. The minimum absolute atomic E-state index is 0.0379. The van der Waals surface area contributed by atoms with E-state index in [0.29, 0.717) is 35.0 Å². The Bertz CT molecular complexity index is 898. The number of unbranched alkanes of at least 4 members (excludes halogenated alkanes) is 1. The largest absolute Gasteiger partial charge is 0.356 e. The lowest BCUT2D eigenvalue weighted by molar-refractivity contribution is -0.125. The first-order valence-electron chi connectivity index (χ1n) is 10.5. The molecule has 1 amide bonds. The van der Waals surface area contributed by atoms with Crippen molar-refractivity contribution in [2.75, 3.05) is 13.1 Å². The van der Waals surface area contributed by atoms with Crippen molar-refractivity contribution < 1.29 is 13.2 Å². The van der Waals surface area contributed by atoms with Crippen molar-refractivity contribution in [1.82, 2.24) is 10.2 Å². The molecule has 1 aromatic rings. The highest BCUT2D eigenvalue weighted by atomic mass is 32.2. The summed E-state index contributed by atoms with van der Waals surface area (Å²) in [7, 11) is -3.68. The van der Waals surface area contributed by atoms with Gasteiger partial charge in [0.1, 0.15) is 10.7 Å². The lowest BCUT2D eigenvalue weighted by atomic mass is 10.00. The number of hydrogen-bond donors (Lipinski definition) is 1. The molecule has 1 aromatic carbocycles. The third kappa shape index (κ3) is 4.89. The van der Waals surface area contributed by atoms with Crippen LogP contribution in [-0.2, 0) is 14.8 Å². The summed E-state index contributed by atoms with van der Waals surface area (Å²) in [4.78, 5) is 14.7. The molecule has 1 saturated heterocycles. The predicted octanol–water partition coefficient (Wildman–Crippen LogP) is 3.57. The number of carbonyl (C=O) groups excluding carboxylic acids is 1. The SMILES string of the molecule is CCCC[C@H](C)C(=O)NC1CCN(C2=NS(=O)(=O)C(c3ccccc3)=C2C)CC1. The summed E-state index contributed by atoms with van der Waals surface area (Å²) in [5, 5.41) is 3.17. The van der Waals surface area contributed by atoms with Gasteiger partial charge in [-0.2, -0.15) is 8.42 Å². The van der Waals surface area contributed by atoms with Crippen LogP contribution in [0.3, 0.4) is 0 Å². The highest BCUT2D eigenvalue weighted by Gasteiger charge is 2.35. The molecule has 0 radical (unpaired) electrons. The Labute approximate surface area is 174 Å². The number of benzene rings is 1. The summed E-state index contributed by atoms with van der Waals surface area (Å²) in [5.74, 6) is 0.709. The van der Waals surface area contributed by atoms with Crippen LogP contribution in [-0.4, -0.2) is 44.2 Å². The molecule has 2 aliphatic heterocycles. The topological polar surface area (TPSA) is 78.8 Å². The fraction of sp³-hybridized carbons (Fsp3) is 0.545. The highest BCUT2D eigenvalue weighted by Crippen LogP contribution is 2.34. The number of hydrogen-bond acceptors (Lipinski definition) is 4. The van der Waals surface area contributed by atoms with Crippen molar-refractivity contribution in [2.24, 2.45) is 10.3 Å². The number of piperidine rings is 1. The Kier molecular flexibility index (Phi) is 6.77. The zero-order chi connectivity index (χ0) is 21.0. The van der Waals surface area contributed by atoms with Crippen LogP contribution in [0.2, 0.25) is 0 Å². The van der Waals surface area contributed by atoms with E-state index in [4.69, 9.17) is 0 Å². The predicted molar refractivity (Wildman–Crippen MR) is 117 cm³/mol. The van der Waals surface area contributed by atoms with Crippen molar-refractivity contribution in [3.05, 3.63) is 41.5 Å². The minimum atomic E-state index is -3.68. The average molecular weight is 418 g/mol. The van der Waals surface area contributed by atoms with Gasteiger partial charge < -0.3 is 10.2 Å². The summed E-state index contributed by atoms with van der Waals surface area (Å²) in [6.07, 6.45) is 4.66. The molecular formula is C22H31N3O3S. The lowest BCUT2D eigenvalue weighted by Gasteiger charge is -2.34.